The summed E-state index contributed by atoms with van der Waals surface area (Å²) in [5.41, 5.74) is 3.55. The van der Waals surface area contributed by atoms with Crippen LogP contribution in [-0.2, 0) is 20.8 Å². The number of amides is 1. The van der Waals surface area contributed by atoms with Crippen molar-refractivity contribution in [2.75, 3.05) is 6.61 Å². The molecule has 0 aliphatic carbocycles. The molecule has 4 nitrogen and oxygen atoms in total. The Labute approximate surface area is 115 Å². The number of nitrogens with one attached hydrogen (secondary N) is 1. The van der Waals surface area contributed by atoms with Crippen LogP contribution in [0, 0.1) is 5.92 Å². The fraction of sp³-hybridized carbons (Fsp3) is 0.533. The van der Waals surface area contributed by atoms with E-state index in [1.54, 1.807) is 6.92 Å². The van der Waals surface area contributed by atoms with Gasteiger partial charge in [-0.3, -0.25) is 4.79 Å². The van der Waals surface area contributed by atoms with E-state index in [1.807, 2.05) is 30.3 Å². The topological polar surface area (TPSA) is 47.6 Å². The van der Waals surface area contributed by atoms with E-state index < -0.39 is 6.29 Å². The molecule has 1 aromatic rings. The lowest BCUT2D eigenvalue weighted by atomic mass is 10.1. The Bertz CT molecular complexity index is 365. The van der Waals surface area contributed by atoms with Gasteiger partial charge >= 0.3 is 0 Å². The Kier molecular flexibility index (Phi) is 7.15. The fourth-order valence-electron chi connectivity index (χ4n) is 1.46. The van der Waals surface area contributed by atoms with Crippen LogP contribution in [0.2, 0.25) is 0 Å². The van der Waals surface area contributed by atoms with Crippen LogP contribution in [-0.4, -0.2) is 18.8 Å². The third kappa shape index (κ3) is 7.59. The summed E-state index contributed by atoms with van der Waals surface area (Å²) in [5, 5.41) is 0. The van der Waals surface area contributed by atoms with Gasteiger partial charge in [0.15, 0.2) is 6.29 Å². The van der Waals surface area contributed by atoms with Crippen molar-refractivity contribution in [1.29, 1.82) is 0 Å². The molecular formula is C15H23NO3. The minimum absolute atomic E-state index is 0.135. The van der Waals surface area contributed by atoms with E-state index in [4.69, 9.17) is 9.57 Å². The molecule has 0 heterocycles. The third-order valence-electron chi connectivity index (χ3n) is 2.49. The minimum atomic E-state index is -0.428. The van der Waals surface area contributed by atoms with Gasteiger partial charge in [-0.1, -0.05) is 44.2 Å². The lowest BCUT2D eigenvalue weighted by Gasteiger charge is -2.15. The van der Waals surface area contributed by atoms with Gasteiger partial charge in [-0.2, -0.15) is 0 Å². The quantitative estimate of drug-likeness (QED) is 0.580. The fourth-order valence-corrected chi connectivity index (χ4v) is 1.46. The van der Waals surface area contributed by atoms with Crippen LogP contribution in [0.3, 0.4) is 0 Å². The van der Waals surface area contributed by atoms with E-state index >= 15 is 0 Å². The largest absolute Gasteiger partial charge is 0.350 e. The summed E-state index contributed by atoms with van der Waals surface area (Å²) in [4.78, 5) is 16.7. The molecule has 0 saturated heterocycles. The molecule has 0 aliphatic heterocycles. The molecule has 106 valence electrons. The van der Waals surface area contributed by atoms with Crippen molar-refractivity contribution in [3.05, 3.63) is 35.9 Å². The Morgan fingerprint density at radius 2 is 1.89 bits per heavy atom. The van der Waals surface area contributed by atoms with E-state index in [1.165, 1.54) is 0 Å². The Morgan fingerprint density at radius 3 is 2.53 bits per heavy atom. The summed E-state index contributed by atoms with van der Waals surface area (Å²) < 4.78 is 5.38. The maximum absolute atomic E-state index is 11.6. The van der Waals surface area contributed by atoms with Gasteiger partial charge in [-0.25, -0.2) is 10.3 Å². The number of hydrogen-bond donors (Lipinski definition) is 1. The first-order valence-corrected chi connectivity index (χ1v) is 6.68. The molecule has 1 aromatic carbocycles. The first-order valence-electron chi connectivity index (χ1n) is 6.68. The van der Waals surface area contributed by atoms with Crippen molar-refractivity contribution in [1.82, 2.24) is 5.48 Å². The molecule has 1 amide bonds. The van der Waals surface area contributed by atoms with Crippen molar-refractivity contribution in [2.45, 2.75) is 39.9 Å². The number of benzene rings is 1. The highest BCUT2D eigenvalue weighted by Gasteiger charge is 2.07. The molecule has 0 saturated carbocycles. The number of aryl methyl sites for hydroxylation is 1. The zero-order valence-electron chi connectivity index (χ0n) is 11.9. The monoisotopic (exact) mass is 265 g/mol. The second-order valence-corrected chi connectivity index (χ2v) is 4.92. The van der Waals surface area contributed by atoms with Crippen molar-refractivity contribution in [2.24, 2.45) is 5.92 Å². The third-order valence-corrected chi connectivity index (χ3v) is 2.49. The number of carbonyl (C=O) groups excluding carboxylic acids is 1. The molecule has 1 atom stereocenters. The molecule has 4 heteroatoms. The van der Waals surface area contributed by atoms with Gasteiger partial charge in [-0.15, -0.1) is 0 Å². The minimum Gasteiger partial charge on any atom is -0.350 e. The van der Waals surface area contributed by atoms with E-state index in [-0.39, 0.29) is 5.91 Å². The van der Waals surface area contributed by atoms with Crippen LogP contribution in [0.1, 0.15) is 32.8 Å². The maximum Gasteiger partial charge on any atom is 0.243 e. The second-order valence-electron chi connectivity index (χ2n) is 4.92. The van der Waals surface area contributed by atoms with Gasteiger partial charge in [0.2, 0.25) is 5.91 Å². The summed E-state index contributed by atoms with van der Waals surface area (Å²) >= 11 is 0. The van der Waals surface area contributed by atoms with E-state index in [0.29, 0.717) is 25.4 Å². The Morgan fingerprint density at radius 1 is 1.21 bits per heavy atom. The molecule has 0 aliphatic rings. The predicted molar refractivity (Wildman–Crippen MR) is 74.2 cm³/mol. The van der Waals surface area contributed by atoms with E-state index in [0.717, 1.165) is 5.56 Å². The van der Waals surface area contributed by atoms with Gasteiger partial charge < -0.3 is 4.74 Å². The number of hydroxylamine groups is 1. The SMILES string of the molecule is CC(C)COC(C)ONC(=O)CCc1ccccc1. The van der Waals surface area contributed by atoms with Crippen molar-refractivity contribution in [3.63, 3.8) is 0 Å². The molecule has 1 N–H and O–H groups in total. The molecule has 0 bridgehead atoms. The van der Waals surface area contributed by atoms with Gasteiger partial charge in [-0.05, 0) is 24.8 Å². The summed E-state index contributed by atoms with van der Waals surface area (Å²) in [6.45, 7) is 6.50. The van der Waals surface area contributed by atoms with Crippen LogP contribution in [0.25, 0.3) is 0 Å². The first kappa shape index (κ1) is 15.7. The number of ether oxygens (including phenoxy) is 1. The van der Waals surface area contributed by atoms with Gasteiger partial charge in [0.1, 0.15) is 0 Å². The highest BCUT2D eigenvalue weighted by molar-refractivity contribution is 5.75. The number of carbonyl (C=O) groups is 1. The molecule has 0 radical (unpaired) electrons. The van der Waals surface area contributed by atoms with Crippen LogP contribution >= 0.6 is 0 Å². The average molecular weight is 265 g/mol. The smallest absolute Gasteiger partial charge is 0.243 e. The molecule has 0 spiro atoms. The predicted octanol–water partition coefficient (Wildman–Crippen LogP) is 2.69. The molecule has 19 heavy (non-hydrogen) atoms. The van der Waals surface area contributed by atoms with Crippen LogP contribution in [0.5, 0.6) is 0 Å². The van der Waals surface area contributed by atoms with Crippen LogP contribution < -0.4 is 5.48 Å². The lowest BCUT2D eigenvalue weighted by molar-refractivity contribution is -0.183. The van der Waals surface area contributed by atoms with Crippen molar-refractivity contribution >= 4 is 5.91 Å². The van der Waals surface area contributed by atoms with Gasteiger partial charge in [0.25, 0.3) is 0 Å². The van der Waals surface area contributed by atoms with Crippen molar-refractivity contribution < 1.29 is 14.4 Å². The Balaban J connectivity index is 2.14. The summed E-state index contributed by atoms with van der Waals surface area (Å²) in [7, 11) is 0. The average Bonchev–Trinajstić information content (AvgIpc) is 2.41. The van der Waals surface area contributed by atoms with Crippen LogP contribution in [0.15, 0.2) is 30.3 Å². The maximum atomic E-state index is 11.6. The normalized spacial score (nSPS) is 12.4. The molecular weight excluding hydrogens is 242 g/mol. The van der Waals surface area contributed by atoms with Gasteiger partial charge in [0.05, 0.1) is 6.61 Å². The molecule has 1 rings (SSSR count). The standard InChI is InChI=1S/C15H23NO3/c1-12(2)11-18-13(3)19-16-15(17)10-9-14-7-5-4-6-8-14/h4-8,12-13H,9-11H2,1-3H3,(H,16,17). The molecule has 1 unspecified atom stereocenters. The summed E-state index contributed by atoms with van der Waals surface area (Å²) in [6.07, 6.45) is 0.682. The zero-order chi connectivity index (χ0) is 14.1. The zero-order valence-corrected chi connectivity index (χ0v) is 11.9. The second kappa shape index (κ2) is 8.67. The first-order chi connectivity index (χ1) is 9.08. The van der Waals surface area contributed by atoms with E-state index in [9.17, 15) is 4.79 Å². The lowest BCUT2D eigenvalue weighted by Crippen LogP contribution is -2.30. The highest BCUT2D eigenvalue weighted by atomic mass is 16.8. The molecule has 0 aromatic heterocycles. The number of hydrogen-bond acceptors (Lipinski definition) is 3. The Hall–Kier alpha value is -1.39. The van der Waals surface area contributed by atoms with E-state index in [2.05, 4.69) is 19.3 Å². The number of rotatable bonds is 8. The van der Waals surface area contributed by atoms with Crippen molar-refractivity contribution in [3.8, 4) is 0 Å². The van der Waals surface area contributed by atoms with Crippen LogP contribution in [0.4, 0.5) is 0 Å². The summed E-state index contributed by atoms with van der Waals surface area (Å²) in [6, 6.07) is 9.89. The van der Waals surface area contributed by atoms with Gasteiger partial charge in [0, 0.05) is 6.42 Å². The summed E-state index contributed by atoms with van der Waals surface area (Å²) in [5.74, 6) is 0.309. The highest BCUT2D eigenvalue weighted by Crippen LogP contribution is 2.02. The molecule has 0 fully saturated rings.